The van der Waals surface area contributed by atoms with Crippen LogP contribution in [0.2, 0.25) is 5.02 Å². The van der Waals surface area contributed by atoms with Crippen molar-refractivity contribution in [1.29, 1.82) is 0 Å². The van der Waals surface area contributed by atoms with Crippen LogP contribution in [-0.2, 0) is 4.79 Å². The van der Waals surface area contributed by atoms with Crippen molar-refractivity contribution in [2.24, 2.45) is 0 Å². The second-order valence-corrected chi connectivity index (χ2v) is 3.55. The number of hydrogen-bond donors (Lipinski definition) is 0. The highest BCUT2D eigenvalue weighted by molar-refractivity contribution is 6.36. The average molecular weight is 217 g/mol. The molecule has 0 bridgehead atoms. The van der Waals surface area contributed by atoms with Crippen molar-refractivity contribution in [2.45, 2.75) is 18.7 Å². The molecule has 1 atom stereocenters. The zero-order valence-corrected chi connectivity index (χ0v) is 8.77. The van der Waals surface area contributed by atoms with E-state index in [0.29, 0.717) is 17.0 Å². The van der Waals surface area contributed by atoms with E-state index in [1.807, 2.05) is 12.1 Å². The molecule has 70 valence electrons. The Kier molecular flexibility index (Phi) is 3.76. The van der Waals surface area contributed by atoms with Gasteiger partial charge in [0.05, 0.1) is 0 Å². The maximum Gasteiger partial charge on any atom is 0.154 e. The largest absolute Gasteiger partial charge is 0.298 e. The number of benzene rings is 1. The first-order chi connectivity index (χ1) is 6.16. The molecule has 0 heterocycles. The lowest BCUT2D eigenvalue weighted by atomic mass is 10.1. The highest BCUT2D eigenvalue weighted by Gasteiger charge is 2.17. The zero-order valence-electron chi connectivity index (χ0n) is 7.26. The molecule has 0 saturated heterocycles. The number of rotatable bonds is 3. The Morgan fingerprint density at radius 3 is 2.62 bits per heavy atom. The van der Waals surface area contributed by atoms with Gasteiger partial charge in [0.25, 0.3) is 0 Å². The summed E-state index contributed by atoms with van der Waals surface area (Å²) in [6.45, 7) is 1.79. The minimum absolute atomic E-state index is 0.00485. The van der Waals surface area contributed by atoms with E-state index in [-0.39, 0.29) is 5.78 Å². The summed E-state index contributed by atoms with van der Waals surface area (Å²) in [6.07, 6.45) is 0.430. The zero-order chi connectivity index (χ0) is 9.84. The lowest BCUT2D eigenvalue weighted by Gasteiger charge is -2.08. The molecule has 0 aliphatic rings. The molecule has 0 N–H and O–H groups in total. The number of carbonyl (C=O) groups excluding carboxylic acids is 1. The first-order valence-corrected chi connectivity index (χ1v) is 4.89. The summed E-state index contributed by atoms with van der Waals surface area (Å²) in [5, 5.41) is -0.0667. The van der Waals surface area contributed by atoms with Gasteiger partial charge in [0.15, 0.2) is 5.78 Å². The van der Waals surface area contributed by atoms with E-state index >= 15 is 0 Å². The molecule has 13 heavy (non-hydrogen) atoms. The van der Waals surface area contributed by atoms with Gasteiger partial charge in [-0.15, -0.1) is 11.6 Å². The third-order valence-corrected chi connectivity index (χ3v) is 2.63. The van der Waals surface area contributed by atoms with Crippen LogP contribution in [0.5, 0.6) is 0 Å². The third-order valence-electron chi connectivity index (χ3n) is 1.81. The molecule has 0 aromatic heterocycles. The lowest BCUT2D eigenvalue weighted by molar-refractivity contribution is -0.118. The Hall–Kier alpha value is -0.530. The van der Waals surface area contributed by atoms with Crippen molar-refractivity contribution in [3.05, 3.63) is 34.9 Å². The number of alkyl halides is 1. The molecule has 0 spiro atoms. The number of hydrogen-bond acceptors (Lipinski definition) is 1. The Labute approximate surface area is 87.7 Å². The van der Waals surface area contributed by atoms with Gasteiger partial charge in [0, 0.05) is 11.4 Å². The third kappa shape index (κ3) is 2.45. The van der Waals surface area contributed by atoms with Crippen LogP contribution in [0.15, 0.2) is 24.3 Å². The van der Waals surface area contributed by atoms with Crippen LogP contribution in [-0.4, -0.2) is 5.78 Å². The number of carbonyl (C=O) groups is 1. The summed E-state index contributed by atoms with van der Waals surface area (Å²) in [7, 11) is 0. The molecule has 0 amide bonds. The first kappa shape index (κ1) is 10.6. The van der Waals surface area contributed by atoms with Gasteiger partial charge in [-0.2, -0.15) is 0 Å². The monoisotopic (exact) mass is 216 g/mol. The van der Waals surface area contributed by atoms with Gasteiger partial charge in [-0.1, -0.05) is 36.7 Å². The topological polar surface area (TPSA) is 17.1 Å². The van der Waals surface area contributed by atoms with E-state index in [1.54, 1.807) is 19.1 Å². The predicted octanol–water partition coefficient (Wildman–Crippen LogP) is 3.60. The smallest absolute Gasteiger partial charge is 0.154 e. The summed E-state index contributed by atoms with van der Waals surface area (Å²) in [6, 6.07) is 7.13. The van der Waals surface area contributed by atoms with E-state index in [1.165, 1.54) is 0 Å². The van der Waals surface area contributed by atoms with E-state index < -0.39 is 5.38 Å². The van der Waals surface area contributed by atoms with Gasteiger partial charge >= 0.3 is 0 Å². The first-order valence-electron chi connectivity index (χ1n) is 4.08. The lowest BCUT2D eigenvalue weighted by Crippen LogP contribution is -2.05. The standard InChI is InChI=1S/C10H10Cl2O/c1-2-9(13)10(12)7-5-3-4-6-8(7)11/h3-6,10H,2H2,1H3. The van der Waals surface area contributed by atoms with Crippen LogP contribution in [0.1, 0.15) is 24.3 Å². The molecular formula is C10H10Cl2O. The minimum Gasteiger partial charge on any atom is -0.298 e. The summed E-state index contributed by atoms with van der Waals surface area (Å²) in [5.74, 6) is -0.00485. The maximum atomic E-state index is 11.3. The molecule has 0 aliphatic heterocycles. The molecule has 0 radical (unpaired) electrons. The van der Waals surface area contributed by atoms with Crippen molar-refractivity contribution in [3.63, 3.8) is 0 Å². The van der Waals surface area contributed by atoms with Crippen LogP contribution in [0, 0.1) is 0 Å². The Morgan fingerprint density at radius 1 is 1.46 bits per heavy atom. The van der Waals surface area contributed by atoms with Crippen LogP contribution in [0.25, 0.3) is 0 Å². The van der Waals surface area contributed by atoms with Crippen molar-refractivity contribution in [3.8, 4) is 0 Å². The van der Waals surface area contributed by atoms with E-state index in [2.05, 4.69) is 0 Å². The number of Topliss-reactive ketones (excluding diaryl/α,β-unsaturated/α-hetero) is 1. The van der Waals surface area contributed by atoms with Crippen LogP contribution >= 0.6 is 23.2 Å². The van der Waals surface area contributed by atoms with Gasteiger partial charge in [0.1, 0.15) is 5.38 Å². The molecule has 0 aliphatic carbocycles. The molecule has 1 rings (SSSR count). The summed E-state index contributed by atoms with van der Waals surface area (Å²) >= 11 is 11.8. The molecule has 0 saturated carbocycles. The number of ketones is 1. The highest BCUT2D eigenvalue weighted by Crippen LogP contribution is 2.28. The second kappa shape index (κ2) is 4.64. The Bertz CT molecular complexity index is 310. The SMILES string of the molecule is CCC(=O)C(Cl)c1ccccc1Cl. The number of halogens is 2. The summed E-state index contributed by atoms with van der Waals surface area (Å²) in [4.78, 5) is 11.3. The normalized spacial score (nSPS) is 12.5. The van der Waals surface area contributed by atoms with Crippen molar-refractivity contribution >= 4 is 29.0 Å². The summed E-state index contributed by atoms with van der Waals surface area (Å²) in [5.41, 5.74) is 0.692. The molecule has 1 unspecified atom stereocenters. The highest BCUT2D eigenvalue weighted by atomic mass is 35.5. The van der Waals surface area contributed by atoms with Gasteiger partial charge in [0.2, 0.25) is 0 Å². The molecule has 1 aromatic rings. The van der Waals surface area contributed by atoms with Crippen LogP contribution in [0.3, 0.4) is 0 Å². The van der Waals surface area contributed by atoms with Crippen molar-refractivity contribution in [2.75, 3.05) is 0 Å². The van der Waals surface area contributed by atoms with E-state index in [0.717, 1.165) is 0 Å². The van der Waals surface area contributed by atoms with Gasteiger partial charge in [-0.25, -0.2) is 0 Å². The van der Waals surface area contributed by atoms with Crippen LogP contribution in [0.4, 0.5) is 0 Å². The quantitative estimate of drug-likeness (QED) is 0.707. The van der Waals surface area contributed by atoms with E-state index in [9.17, 15) is 4.79 Å². The second-order valence-electron chi connectivity index (χ2n) is 2.70. The fraction of sp³-hybridized carbons (Fsp3) is 0.300. The minimum atomic E-state index is -0.612. The van der Waals surface area contributed by atoms with Gasteiger partial charge < -0.3 is 0 Å². The summed E-state index contributed by atoms with van der Waals surface area (Å²) < 4.78 is 0. The fourth-order valence-electron chi connectivity index (χ4n) is 1.03. The predicted molar refractivity (Wildman–Crippen MR) is 55.3 cm³/mol. The van der Waals surface area contributed by atoms with Crippen LogP contribution < -0.4 is 0 Å². The Balaban J connectivity index is 2.95. The molecule has 1 aromatic carbocycles. The van der Waals surface area contributed by atoms with Crippen molar-refractivity contribution < 1.29 is 4.79 Å². The Morgan fingerprint density at radius 2 is 2.08 bits per heavy atom. The van der Waals surface area contributed by atoms with Gasteiger partial charge in [-0.05, 0) is 11.6 Å². The average Bonchev–Trinajstić information content (AvgIpc) is 2.16. The molecule has 3 heteroatoms. The molecule has 1 nitrogen and oxygen atoms in total. The molecule has 0 fully saturated rings. The van der Waals surface area contributed by atoms with E-state index in [4.69, 9.17) is 23.2 Å². The maximum absolute atomic E-state index is 11.3. The van der Waals surface area contributed by atoms with Gasteiger partial charge in [-0.3, -0.25) is 4.79 Å². The molecular weight excluding hydrogens is 207 g/mol. The van der Waals surface area contributed by atoms with Crippen molar-refractivity contribution in [1.82, 2.24) is 0 Å². The fourth-order valence-corrected chi connectivity index (χ4v) is 1.68.